The predicted molar refractivity (Wildman–Crippen MR) is 103 cm³/mol. The second-order valence-electron chi connectivity index (χ2n) is 7.14. The van der Waals surface area contributed by atoms with Gasteiger partial charge in [-0.15, -0.1) is 0 Å². The molecule has 0 spiro atoms. The maximum absolute atomic E-state index is 12.1. The number of nitrogens with zero attached hydrogens (tertiary/aromatic N) is 3. The Bertz CT molecular complexity index is 667. The van der Waals surface area contributed by atoms with Crippen LogP contribution >= 0.6 is 0 Å². The van der Waals surface area contributed by atoms with Crippen LogP contribution in [0.2, 0.25) is 0 Å². The molecule has 0 unspecified atom stereocenters. The van der Waals surface area contributed by atoms with Crippen LogP contribution in [-0.4, -0.2) is 61.1 Å². The van der Waals surface area contributed by atoms with Crippen molar-refractivity contribution in [3.8, 4) is 6.07 Å². The van der Waals surface area contributed by atoms with Crippen molar-refractivity contribution in [1.82, 2.24) is 9.80 Å². The summed E-state index contributed by atoms with van der Waals surface area (Å²) < 4.78 is 5.30. The molecule has 2 amide bonds. The minimum absolute atomic E-state index is 0.0582. The molecule has 1 aliphatic heterocycles. The lowest BCUT2D eigenvalue weighted by Crippen LogP contribution is -2.36. The Hall–Kier alpha value is -2.59. The average Bonchev–Trinajstić information content (AvgIpc) is 2.91. The maximum Gasteiger partial charge on any atom is 0.409 e. The van der Waals surface area contributed by atoms with Crippen molar-refractivity contribution in [2.75, 3.05) is 44.6 Å². The van der Waals surface area contributed by atoms with Gasteiger partial charge < -0.3 is 19.9 Å². The molecule has 7 heteroatoms. The fourth-order valence-corrected chi connectivity index (χ4v) is 2.82. The quantitative estimate of drug-likeness (QED) is 0.830. The Morgan fingerprint density at radius 1 is 1.19 bits per heavy atom. The smallest absolute Gasteiger partial charge is 0.409 e. The van der Waals surface area contributed by atoms with E-state index in [1.54, 1.807) is 29.2 Å². The molecule has 1 aliphatic rings. The number of ether oxygens (including phenoxy) is 1. The Balaban J connectivity index is 1.72. The van der Waals surface area contributed by atoms with Crippen LogP contribution in [0.5, 0.6) is 0 Å². The van der Waals surface area contributed by atoms with Gasteiger partial charge >= 0.3 is 6.09 Å². The molecule has 7 nitrogen and oxygen atoms in total. The summed E-state index contributed by atoms with van der Waals surface area (Å²) in [6.45, 7) is 8.02. The summed E-state index contributed by atoms with van der Waals surface area (Å²) in [6, 6.07) is 8.86. The van der Waals surface area contributed by atoms with Gasteiger partial charge in [0.15, 0.2) is 0 Å². The number of hydrogen-bond donors (Lipinski definition) is 1. The lowest BCUT2D eigenvalue weighted by atomic mass is 10.2. The predicted octanol–water partition coefficient (Wildman–Crippen LogP) is 2.69. The van der Waals surface area contributed by atoms with Gasteiger partial charge in [0.25, 0.3) is 0 Å². The summed E-state index contributed by atoms with van der Waals surface area (Å²) in [5.41, 5.74) is 1.25. The number of anilines is 1. The Morgan fingerprint density at radius 3 is 2.59 bits per heavy atom. The van der Waals surface area contributed by atoms with Crippen molar-refractivity contribution < 1.29 is 14.3 Å². The highest BCUT2D eigenvalue weighted by molar-refractivity contribution is 5.90. The van der Waals surface area contributed by atoms with Crippen LogP contribution in [0.15, 0.2) is 24.3 Å². The van der Waals surface area contributed by atoms with Crippen molar-refractivity contribution in [3.05, 3.63) is 29.8 Å². The van der Waals surface area contributed by atoms with Gasteiger partial charge in [-0.2, -0.15) is 5.26 Å². The molecule has 0 saturated carbocycles. The molecule has 146 valence electrons. The summed E-state index contributed by atoms with van der Waals surface area (Å²) in [5.74, 6) is 0.268. The lowest BCUT2D eigenvalue weighted by molar-refractivity contribution is -0.116. The molecule has 1 fully saturated rings. The van der Waals surface area contributed by atoms with Crippen molar-refractivity contribution in [2.24, 2.45) is 5.92 Å². The van der Waals surface area contributed by atoms with Gasteiger partial charge in [-0.25, -0.2) is 4.79 Å². The minimum Gasteiger partial charge on any atom is -0.449 e. The number of rotatable bonds is 6. The van der Waals surface area contributed by atoms with Gasteiger partial charge in [0.1, 0.15) is 0 Å². The molecule has 1 N–H and O–H groups in total. The first kappa shape index (κ1) is 20.7. The van der Waals surface area contributed by atoms with Gasteiger partial charge in [0.05, 0.1) is 18.2 Å². The molecule has 2 rings (SSSR count). The van der Waals surface area contributed by atoms with Crippen LogP contribution in [-0.2, 0) is 9.53 Å². The van der Waals surface area contributed by atoms with Crippen LogP contribution in [0.4, 0.5) is 10.5 Å². The second kappa shape index (κ2) is 10.5. The molecular formula is C20H28N4O3. The Morgan fingerprint density at radius 2 is 1.93 bits per heavy atom. The monoisotopic (exact) mass is 372 g/mol. The zero-order chi connectivity index (χ0) is 19.6. The van der Waals surface area contributed by atoms with E-state index in [1.807, 2.05) is 13.8 Å². The number of nitrogens with one attached hydrogen (secondary N) is 1. The van der Waals surface area contributed by atoms with E-state index in [0.29, 0.717) is 49.8 Å². The SMILES string of the molecule is CC(C)COC(=O)N1CCCN(CCC(=O)Nc2ccc(C#N)cc2)CC1. The Labute approximate surface area is 160 Å². The molecule has 0 atom stereocenters. The highest BCUT2D eigenvalue weighted by atomic mass is 16.6. The third kappa shape index (κ3) is 7.27. The molecular weight excluding hydrogens is 344 g/mol. The summed E-state index contributed by atoms with van der Waals surface area (Å²) in [5, 5.41) is 11.6. The minimum atomic E-state index is -0.246. The van der Waals surface area contributed by atoms with Crippen molar-refractivity contribution in [2.45, 2.75) is 26.7 Å². The third-order valence-corrected chi connectivity index (χ3v) is 4.34. The number of carbonyl (C=O) groups is 2. The van der Waals surface area contributed by atoms with E-state index in [2.05, 4.69) is 16.3 Å². The third-order valence-electron chi connectivity index (χ3n) is 4.34. The van der Waals surface area contributed by atoms with Crippen LogP contribution in [0.3, 0.4) is 0 Å². The normalized spacial score (nSPS) is 15.1. The van der Waals surface area contributed by atoms with E-state index >= 15 is 0 Å². The summed E-state index contributed by atoms with van der Waals surface area (Å²) in [6.07, 6.45) is 1.01. The average molecular weight is 372 g/mol. The van der Waals surface area contributed by atoms with E-state index in [0.717, 1.165) is 19.5 Å². The van der Waals surface area contributed by atoms with Gasteiger partial charge in [0.2, 0.25) is 5.91 Å². The number of nitriles is 1. The number of hydrogen-bond acceptors (Lipinski definition) is 5. The molecule has 0 bridgehead atoms. The zero-order valence-corrected chi connectivity index (χ0v) is 16.1. The fourth-order valence-electron chi connectivity index (χ4n) is 2.82. The molecule has 0 aromatic heterocycles. The first-order chi connectivity index (χ1) is 13.0. The molecule has 0 radical (unpaired) electrons. The standard InChI is InChI=1S/C20H28N4O3/c1-16(2)15-27-20(26)24-10-3-9-23(12-13-24)11-8-19(25)22-18-6-4-17(14-21)5-7-18/h4-7,16H,3,8-13,15H2,1-2H3,(H,22,25). The molecule has 1 heterocycles. The van der Waals surface area contributed by atoms with Crippen molar-refractivity contribution in [3.63, 3.8) is 0 Å². The van der Waals surface area contributed by atoms with Crippen LogP contribution < -0.4 is 5.32 Å². The number of benzene rings is 1. The maximum atomic E-state index is 12.1. The first-order valence-corrected chi connectivity index (χ1v) is 9.42. The highest BCUT2D eigenvalue weighted by Crippen LogP contribution is 2.10. The molecule has 1 aromatic rings. The Kier molecular flexibility index (Phi) is 8.08. The molecule has 1 aromatic carbocycles. The fraction of sp³-hybridized carbons (Fsp3) is 0.550. The van der Waals surface area contributed by atoms with Crippen molar-refractivity contribution in [1.29, 1.82) is 5.26 Å². The van der Waals surface area contributed by atoms with Gasteiger partial charge in [0, 0.05) is 38.3 Å². The summed E-state index contributed by atoms with van der Waals surface area (Å²) in [4.78, 5) is 28.2. The molecule has 0 aliphatic carbocycles. The molecule has 27 heavy (non-hydrogen) atoms. The zero-order valence-electron chi connectivity index (χ0n) is 16.1. The van der Waals surface area contributed by atoms with Crippen LogP contribution in [0.25, 0.3) is 0 Å². The van der Waals surface area contributed by atoms with Gasteiger partial charge in [-0.3, -0.25) is 4.79 Å². The van der Waals surface area contributed by atoms with E-state index in [9.17, 15) is 9.59 Å². The molecule has 1 saturated heterocycles. The topological polar surface area (TPSA) is 85.7 Å². The van der Waals surface area contributed by atoms with E-state index in [-0.39, 0.29) is 12.0 Å². The first-order valence-electron chi connectivity index (χ1n) is 9.42. The van der Waals surface area contributed by atoms with E-state index < -0.39 is 0 Å². The summed E-state index contributed by atoms with van der Waals surface area (Å²) >= 11 is 0. The van der Waals surface area contributed by atoms with E-state index in [1.165, 1.54) is 0 Å². The number of carbonyl (C=O) groups excluding carboxylic acids is 2. The van der Waals surface area contributed by atoms with Crippen LogP contribution in [0, 0.1) is 17.2 Å². The number of amides is 2. The lowest BCUT2D eigenvalue weighted by Gasteiger charge is -2.22. The van der Waals surface area contributed by atoms with Gasteiger partial charge in [-0.05, 0) is 43.1 Å². The van der Waals surface area contributed by atoms with Crippen molar-refractivity contribution >= 4 is 17.7 Å². The van der Waals surface area contributed by atoms with E-state index in [4.69, 9.17) is 10.00 Å². The largest absolute Gasteiger partial charge is 0.449 e. The summed E-state index contributed by atoms with van der Waals surface area (Å²) in [7, 11) is 0. The highest BCUT2D eigenvalue weighted by Gasteiger charge is 2.20. The second-order valence-corrected chi connectivity index (χ2v) is 7.14. The van der Waals surface area contributed by atoms with Crippen LogP contribution in [0.1, 0.15) is 32.3 Å². The van der Waals surface area contributed by atoms with Gasteiger partial charge in [-0.1, -0.05) is 13.8 Å².